The van der Waals surface area contributed by atoms with Crippen molar-refractivity contribution in [3.63, 3.8) is 0 Å². The van der Waals surface area contributed by atoms with E-state index in [1.807, 2.05) is 0 Å². The molecule has 2 rings (SSSR count). The summed E-state index contributed by atoms with van der Waals surface area (Å²) in [6, 6.07) is 0. The number of carbonyl (C=O) groups is 1. The van der Waals surface area contributed by atoms with Crippen LogP contribution in [-0.4, -0.2) is 42.6 Å². The van der Waals surface area contributed by atoms with E-state index in [1.54, 1.807) is 7.05 Å². The highest BCUT2D eigenvalue weighted by molar-refractivity contribution is 7.91. The van der Waals surface area contributed by atoms with Crippen molar-refractivity contribution < 1.29 is 17.9 Å². The van der Waals surface area contributed by atoms with Crippen LogP contribution >= 0.6 is 0 Å². The standard InChI is InChI=1S/C11H16N2O4S/c1-13-11(10(17-2)6-12-13)9(14)5-8-3-4-18(15,16)7-8/h6,8H,3-5,7H2,1-2H3. The number of carbonyl (C=O) groups excluding carboxylic acids is 1. The minimum Gasteiger partial charge on any atom is -0.493 e. The van der Waals surface area contributed by atoms with E-state index < -0.39 is 9.84 Å². The van der Waals surface area contributed by atoms with Gasteiger partial charge in [-0.1, -0.05) is 0 Å². The van der Waals surface area contributed by atoms with E-state index in [0.29, 0.717) is 17.9 Å². The van der Waals surface area contributed by atoms with Gasteiger partial charge in [0.2, 0.25) is 0 Å². The van der Waals surface area contributed by atoms with Crippen molar-refractivity contribution in [3.05, 3.63) is 11.9 Å². The van der Waals surface area contributed by atoms with E-state index in [2.05, 4.69) is 5.10 Å². The Hall–Kier alpha value is -1.37. The van der Waals surface area contributed by atoms with E-state index in [0.717, 1.165) is 0 Å². The lowest BCUT2D eigenvalue weighted by Gasteiger charge is -2.08. The predicted octanol–water partition coefficient (Wildman–Crippen LogP) is 0.436. The van der Waals surface area contributed by atoms with E-state index in [-0.39, 0.29) is 29.6 Å². The number of sulfone groups is 1. The Morgan fingerprint density at radius 2 is 2.33 bits per heavy atom. The van der Waals surface area contributed by atoms with Crippen LogP contribution in [0.1, 0.15) is 23.3 Å². The van der Waals surface area contributed by atoms with Crippen LogP contribution in [0.3, 0.4) is 0 Å². The molecule has 0 radical (unpaired) electrons. The molecule has 0 aromatic carbocycles. The summed E-state index contributed by atoms with van der Waals surface area (Å²) in [5, 5.41) is 3.96. The number of Topliss-reactive ketones (excluding diaryl/α,β-unsaturated/α-hetero) is 1. The lowest BCUT2D eigenvalue weighted by atomic mass is 10.0. The highest BCUT2D eigenvalue weighted by atomic mass is 32.2. The third kappa shape index (κ3) is 2.55. The monoisotopic (exact) mass is 272 g/mol. The average Bonchev–Trinajstić information content (AvgIpc) is 2.81. The SMILES string of the molecule is COc1cnn(C)c1C(=O)CC1CCS(=O)(=O)C1. The molecule has 2 heterocycles. The molecule has 0 spiro atoms. The second-order valence-corrected chi connectivity index (χ2v) is 6.81. The fraction of sp³-hybridized carbons (Fsp3) is 0.636. The minimum absolute atomic E-state index is 0.0814. The number of hydrogen-bond donors (Lipinski definition) is 0. The van der Waals surface area contributed by atoms with Gasteiger partial charge in [-0.3, -0.25) is 9.48 Å². The van der Waals surface area contributed by atoms with Gasteiger partial charge in [-0.05, 0) is 12.3 Å². The summed E-state index contributed by atoms with van der Waals surface area (Å²) in [4.78, 5) is 12.1. The summed E-state index contributed by atoms with van der Waals surface area (Å²) >= 11 is 0. The van der Waals surface area contributed by atoms with Gasteiger partial charge in [0.05, 0.1) is 24.8 Å². The molecule has 1 atom stereocenters. The normalized spacial score (nSPS) is 22.0. The zero-order chi connectivity index (χ0) is 13.3. The smallest absolute Gasteiger partial charge is 0.184 e. The fourth-order valence-electron chi connectivity index (χ4n) is 2.28. The van der Waals surface area contributed by atoms with Crippen molar-refractivity contribution in [1.82, 2.24) is 9.78 Å². The molecular weight excluding hydrogens is 256 g/mol. The number of hydrogen-bond acceptors (Lipinski definition) is 5. The van der Waals surface area contributed by atoms with Gasteiger partial charge in [-0.15, -0.1) is 0 Å². The molecule has 0 saturated carbocycles. The van der Waals surface area contributed by atoms with Crippen LogP contribution in [0.25, 0.3) is 0 Å². The second kappa shape index (κ2) is 4.72. The molecule has 1 aliphatic heterocycles. The molecule has 0 amide bonds. The summed E-state index contributed by atoms with van der Waals surface area (Å²) in [7, 11) is 0.206. The molecule has 6 nitrogen and oxygen atoms in total. The zero-order valence-electron chi connectivity index (χ0n) is 10.4. The van der Waals surface area contributed by atoms with Crippen LogP contribution in [0.4, 0.5) is 0 Å². The number of aromatic nitrogens is 2. The summed E-state index contributed by atoms with van der Waals surface area (Å²) in [5.41, 5.74) is 0.404. The summed E-state index contributed by atoms with van der Waals surface area (Å²) in [6.07, 6.45) is 2.28. The average molecular weight is 272 g/mol. The molecule has 1 aromatic heterocycles. The molecule has 0 N–H and O–H groups in total. The molecular formula is C11H16N2O4S. The van der Waals surface area contributed by atoms with Crippen molar-refractivity contribution in [2.45, 2.75) is 12.8 Å². The first-order valence-electron chi connectivity index (χ1n) is 5.72. The largest absolute Gasteiger partial charge is 0.493 e. The van der Waals surface area contributed by atoms with Gasteiger partial charge >= 0.3 is 0 Å². The van der Waals surface area contributed by atoms with Gasteiger partial charge in [-0.2, -0.15) is 5.10 Å². The maximum Gasteiger partial charge on any atom is 0.184 e. The molecule has 1 fully saturated rings. The van der Waals surface area contributed by atoms with Gasteiger partial charge in [0.15, 0.2) is 21.4 Å². The Balaban J connectivity index is 2.11. The van der Waals surface area contributed by atoms with Crippen LogP contribution < -0.4 is 4.74 Å². The lowest BCUT2D eigenvalue weighted by molar-refractivity contribution is 0.0953. The first-order chi connectivity index (χ1) is 8.43. The molecule has 0 bridgehead atoms. The minimum atomic E-state index is -2.94. The number of methoxy groups -OCH3 is 1. The highest BCUT2D eigenvalue weighted by Crippen LogP contribution is 2.26. The third-order valence-electron chi connectivity index (χ3n) is 3.19. The molecule has 7 heteroatoms. The third-order valence-corrected chi connectivity index (χ3v) is 5.03. The second-order valence-electron chi connectivity index (χ2n) is 4.58. The molecule has 18 heavy (non-hydrogen) atoms. The maximum absolute atomic E-state index is 12.1. The molecule has 1 unspecified atom stereocenters. The van der Waals surface area contributed by atoms with Gasteiger partial charge in [0, 0.05) is 13.5 Å². The molecule has 1 aromatic rings. The molecule has 0 aliphatic carbocycles. The van der Waals surface area contributed by atoms with Gasteiger partial charge in [0.25, 0.3) is 0 Å². The summed E-state index contributed by atoms with van der Waals surface area (Å²) < 4.78 is 29.2. The van der Waals surface area contributed by atoms with Crippen LogP contribution in [-0.2, 0) is 16.9 Å². The maximum atomic E-state index is 12.1. The Morgan fingerprint density at radius 3 is 2.89 bits per heavy atom. The van der Waals surface area contributed by atoms with Crippen LogP contribution in [0.5, 0.6) is 5.75 Å². The molecule has 1 aliphatic rings. The number of ether oxygens (including phenoxy) is 1. The van der Waals surface area contributed by atoms with E-state index in [9.17, 15) is 13.2 Å². The summed E-state index contributed by atoms with van der Waals surface area (Å²) in [5.74, 6) is 0.534. The van der Waals surface area contributed by atoms with Crippen molar-refractivity contribution in [2.75, 3.05) is 18.6 Å². The Kier molecular flexibility index (Phi) is 3.43. The van der Waals surface area contributed by atoms with Crippen molar-refractivity contribution in [1.29, 1.82) is 0 Å². The van der Waals surface area contributed by atoms with Crippen molar-refractivity contribution in [2.24, 2.45) is 13.0 Å². The Morgan fingerprint density at radius 1 is 1.61 bits per heavy atom. The van der Waals surface area contributed by atoms with Gasteiger partial charge in [-0.25, -0.2) is 8.42 Å². The number of ketones is 1. The first-order valence-corrected chi connectivity index (χ1v) is 7.54. The van der Waals surface area contributed by atoms with Crippen LogP contribution in [0.2, 0.25) is 0 Å². The first kappa shape index (κ1) is 13.1. The quantitative estimate of drug-likeness (QED) is 0.743. The lowest BCUT2D eigenvalue weighted by Crippen LogP contribution is -2.14. The zero-order valence-corrected chi connectivity index (χ0v) is 11.2. The highest BCUT2D eigenvalue weighted by Gasteiger charge is 2.31. The Bertz CT molecular complexity index is 562. The van der Waals surface area contributed by atoms with Crippen LogP contribution in [0, 0.1) is 5.92 Å². The topological polar surface area (TPSA) is 78.3 Å². The van der Waals surface area contributed by atoms with E-state index >= 15 is 0 Å². The van der Waals surface area contributed by atoms with Gasteiger partial charge in [0.1, 0.15) is 5.69 Å². The molecule has 1 saturated heterocycles. The fourth-order valence-corrected chi connectivity index (χ4v) is 4.14. The van der Waals surface area contributed by atoms with Gasteiger partial charge < -0.3 is 4.74 Å². The number of nitrogens with zero attached hydrogens (tertiary/aromatic N) is 2. The van der Waals surface area contributed by atoms with Crippen molar-refractivity contribution >= 4 is 15.6 Å². The number of rotatable bonds is 4. The molecule has 100 valence electrons. The van der Waals surface area contributed by atoms with Crippen LogP contribution in [0.15, 0.2) is 6.20 Å². The Labute approximate surface area is 106 Å². The van der Waals surface area contributed by atoms with Crippen molar-refractivity contribution in [3.8, 4) is 5.75 Å². The summed E-state index contributed by atoms with van der Waals surface area (Å²) in [6.45, 7) is 0. The van der Waals surface area contributed by atoms with E-state index in [1.165, 1.54) is 18.0 Å². The predicted molar refractivity (Wildman–Crippen MR) is 65.5 cm³/mol. The van der Waals surface area contributed by atoms with E-state index in [4.69, 9.17) is 4.74 Å². The number of aryl methyl sites for hydroxylation is 1.